The molecule has 2 aromatic heterocycles. The van der Waals surface area contributed by atoms with Gasteiger partial charge in [0.25, 0.3) is 5.91 Å². The van der Waals surface area contributed by atoms with Crippen molar-refractivity contribution in [3.8, 4) is 5.75 Å². The fourth-order valence-corrected chi connectivity index (χ4v) is 2.91. The summed E-state index contributed by atoms with van der Waals surface area (Å²) >= 11 is 0. The van der Waals surface area contributed by atoms with E-state index in [2.05, 4.69) is 20.3 Å². The topological polar surface area (TPSA) is 117 Å². The summed E-state index contributed by atoms with van der Waals surface area (Å²) in [6.45, 7) is 1.86. The maximum Gasteiger partial charge on any atom is 0.387 e. The summed E-state index contributed by atoms with van der Waals surface area (Å²) in [6.07, 6.45) is 1.50. The first kappa shape index (κ1) is 20.9. The van der Waals surface area contributed by atoms with Gasteiger partial charge < -0.3 is 10.1 Å². The second-order valence-corrected chi connectivity index (χ2v) is 6.49. The van der Waals surface area contributed by atoms with Gasteiger partial charge in [-0.25, -0.2) is 4.68 Å². The number of benzene rings is 1. The quantitative estimate of drug-likeness (QED) is 0.463. The van der Waals surface area contributed by atoms with Crippen molar-refractivity contribution >= 4 is 17.3 Å². The molecule has 0 fully saturated rings. The van der Waals surface area contributed by atoms with Gasteiger partial charge in [0, 0.05) is 6.20 Å². The first-order chi connectivity index (χ1) is 14.2. The monoisotopic (exact) mass is 420 g/mol. The normalized spacial score (nSPS) is 11.0. The van der Waals surface area contributed by atoms with Crippen molar-refractivity contribution in [2.45, 2.75) is 34.1 Å². The van der Waals surface area contributed by atoms with Crippen LogP contribution in [0.3, 0.4) is 0 Å². The number of ether oxygens (including phenoxy) is 1. The minimum Gasteiger partial charge on any atom is -0.433 e. The minimum absolute atomic E-state index is 0.0236. The van der Waals surface area contributed by atoms with E-state index in [0.29, 0.717) is 5.69 Å². The van der Waals surface area contributed by atoms with Crippen LogP contribution in [0.1, 0.15) is 27.4 Å². The lowest BCUT2D eigenvalue weighted by atomic mass is 10.2. The van der Waals surface area contributed by atoms with E-state index in [0.717, 1.165) is 5.56 Å². The van der Waals surface area contributed by atoms with Crippen LogP contribution in [-0.4, -0.2) is 37.0 Å². The second-order valence-electron chi connectivity index (χ2n) is 6.49. The van der Waals surface area contributed by atoms with E-state index in [1.54, 1.807) is 19.9 Å². The van der Waals surface area contributed by atoms with Crippen molar-refractivity contribution in [1.82, 2.24) is 19.6 Å². The molecule has 3 rings (SSSR count). The van der Waals surface area contributed by atoms with Crippen LogP contribution in [0.4, 0.5) is 20.2 Å². The van der Waals surface area contributed by atoms with Gasteiger partial charge in [-0.1, -0.05) is 6.07 Å². The number of nitrogens with zero attached hydrogens (tertiary/aromatic N) is 5. The Morgan fingerprint density at radius 3 is 2.63 bits per heavy atom. The third-order valence-electron chi connectivity index (χ3n) is 4.28. The zero-order valence-corrected chi connectivity index (χ0v) is 16.3. The third-order valence-corrected chi connectivity index (χ3v) is 4.28. The molecular weight excluding hydrogens is 402 g/mol. The van der Waals surface area contributed by atoms with E-state index in [1.807, 2.05) is 0 Å². The molecule has 0 aliphatic rings. The van der Waals surface area contributed by atoms with E-state index in [1.165, 1.54) is 40.7 Å². The number of nitro groups is 1. The molecule has 12 heteroatoms. The molecule has 0 unspecified atom stereocenters. The molecule has 0 bridgehead atoms. The highest BCUT2D eigenvalue weighted by atomic mass is 19.3. The van der Waals surface area contributed by atoms with Gasteiger partial charge in [0.15, 0.2) is 5.69 Å². The molecule has 0 saturated heterocycles. The van der Waals surface area contributed by atoms with Gasteiger partial charge >= 0.3 is 12.3 Å². The fraction of sp³-hybridized carbons (Fsp3) is 0.278. The van der Waals surface area contributed by atoms with Crippen LogP contribution in [-0.2, 0) is 6.67 Å². The van der Waals surface area contributed by atoms with Crippen LogP contribution in [0.15, 0.2) is 30.5 Å². The molecule has 10 nitrogen and oxygen atoms in total. The van der Waals surface area contributed by atoms with E-state index >= 15 is 0 Å². The largest absolute Gasteiger partial charge is 0.433 e. The number of carbonyl (C=O) groups excluding carboxylic acids is 1. The molecule has 0 aliphatic carbocycles. The standard InChI is InChI=1S/C18H18F2N6O4/c1-10-4-5-15(30-18(19)20)14(8-10)21-17(27)13-6-7-24(23-13)9-25-12(3)16(26(28)29)11(2)22-25/h4-8,18H,9H2,1-3H3,(H,21,27). The lowest BCUT2D eigenvalue weighted by Gasteiger charge is -2.12. The number of nitrogens with one attached hydrogen (secondary N) is 1. The molecule has 0 radical (unpaired) electrons. The molecule has 1 aromatic carbocycles. The highest BCUT2D eigenvalue weighted by Gasteiger charge is 2.22. The van der Waals surface area contributed by atoms with Crippen LogP contribution in [0.5, 0.6) is 5.75 Å². The molecule has 2 heterocycles. The van der Waals surface area contributed by atoms with Crippen molar-refractivity contribution < 1.29 is 23.2 Å². The Balaban J connectivity index is 1.77. The Hall–Kier alpha value is -3.83. The Kier molecular flexibility index (Phi) is 5.76. The third kappa shape index (κ3) is 4.42. The Morgan fingerprint density at radius 1 is 1.27 bits per heavy atom. The molecule has 0 atom stereocenters. The molecule has 0 aliphatic heterocycles. The summed E-state index contributed by atoms with van der Waals surface area (Å²) in [7, 11) is 0. The molecule has 1 N–H and O–H groups in total. The van der Waals surface area contributed by atoms with Crippen LogP contribution in [0.2, 0.25) is 0 Å². The zero-order chi connectivity index (χ0) is 22.0. The van der Waals surface area contributed by atoms with Crippen LogP contribution in [0.25, 0.3) is 0 Å². The number of halogens is 2. The Morgan fingerprint density at radius 2 is 2.00 bits per heavy atom. The van der Waals surface area contributed by atoms with Gasteiger partial charge in [0.1, 0.15) is 23.8 Å². The minimum atomic E-state index is -3.03. The first-order valence-electron chi connectivity index (χ1n) is 8.74. The predicted octanol–water partition coefficient (Wildman–Crippen LogP) is 3.27. The number of hydrogen-bond donors (Lipinski definition) is 1. The number of hydrogen-bond acceptors (Lipinski definition) is 6. The van der Waals surface area contributed by atoms with Crippen LogP contribution in [0, 0.1) is 30.9 Å². The van der Waals surface area contributed by atoms with Gasteiger partial charge in [-0.05, 0) is 44.5 Å². The van der Waals surface area contributed by atoms with E-state index < -0.39 is 17.4 Å². The molecule has 30 heavy (non-hydrogen) atoms. The molecular formula is C18H18F2N6O4. The predicted molar refractivity (Wildman–Crippen MR) is 102 cm³/mol. The van der Waals surface area contributed by atoms with Gasteiger partial charge in [-0.3, -0.25) is 19.6 Å². The average molecular weight is 420 g/mol. The molecule has 0 spiro atoms. The molecule has 0 saturated carbocycles. The summed E-state index contributed by atoms with van der Waals surface area (Å²) in [5, 5.41) is 21.9. The number of carbonyl (C=O) groups is 1. The van der Waals surface area contributed by atoms with Crippen LogP contribution >= 0.6 is 0 Å². The lowest BCUT2D eigenvalue weighted by Crippen LogP contribution is -2.16. The van der Waals surface area contributed by atoms with Crippen molar-refractivity contribution in [2.75, 3.05) is 5.32 Å². The number of amides is 1. The van der Waals surface area contributed by atoms with Crippen molar-refractivity contribution in [1.29, 1.82) is 0 Å². The van der Waals surface area contributed by atoms with Crippen molar-refractivity contribution in [2.24, 2.45) is 0 Å². The summed E-state index contributed by atoms with van der Waals surface area (Å²) in [5.74, 6) is -0.795. The summed E-state index contributed by atoms with van der Waals surface area (Å²) in [5.41, 5.74) is 1.40. The zero-order valence-electron chi connectivity index (χ0n) is 16.3. The van der Waals surface area contributed by atoms with Gasteiger partial charge in [0.2, 0.25) is 0 Å². The summed E-state index contributed by atoms with van der Waals surface area (Å²) in [6, 6.07) is 5.85. The van der Waals surface area contributed by atoms with E-state index in [9.17, 15) is 23.7 Å². The smallest absolute Gasteiger partial charge is 0.387 e. The maximum absolute atomic E-state index is 12.6. The highest BCUT2D eigenvalue weighted by molar-refractivity contribution is 6.03. The summed E-state index contributed by atoms with van der Waals surface area (Å²) < 4.78 is 32.4. The van der Waals surface area contributed by atoms with Gasteiger partial charge in [0.05, 0.1) is 10.6 Å². The first-order valence-corrected chi connectivity index (χ1v) is 8.74. The van der Waals surface area contributed by atoms with Crippen molar-refractivity contribution in [3.05, 3.63) is 63.2 Å². The summed E-state index contributed by atoms with van der Waals surface area (Å²) in [4.78, 5) is 23.1. The maximum atomic E-state index is 12.6. The molecule has 158 valence electrons. The number of aromatic nitrogens is 4. The van der Waals surface area contributed by atoms with Gasteiger partial charge in [-0.15, -0.1) is 0 Å². The Bertz CT molecular complexity index is 1110. The second kappa shape index (κ2) is 8.27. The lowest BCUT2D eigenvalue weighted by molar-refractivity contribution is -0.386. The molecule has 1 amide bonds. The Labute approximate surface area is 169 Å². The molecule has 3 aromatic rings. The van der Waals surface area contributed by atoms with E-state index in [-0.39, 0.29) is 35.2 Å². The number of anilines is 1. The average Bonchev–Trinajstić information content (AvgIpc) is 3.22. The fourth-order valence-electron chi connectivity index (χ4n) is 2.91. The van der Waals surface area contributed by atoms with E-state index in [4.69, 9.17) is 0 Å². The highest BCUT2D eigenvalue weighted by Crippen LogP contribution is 2.27. The SMILES string of the molecule is Cc1ccc(OC(F)F)c(NC(=O)c2ccn(Cn3nc(C)c([N+](=O)[O-])c3C)n2)c1. The van der Waals surface area contributed by atoms with Crippen molar-refractivity contribution in [3.63, 3.8) is 0 Å². The number of rotatable bonds is 7. The van der Waals surface area contributed by atoms with Gasteiger partial charge in [-0.2, -0.15) is 19.0 Å². The number of alkyl halides is 2. The number of aryl methyl sites for hydroxylation is 2. The van der Waals surface area contributed by atoms with Crippen LogP contribution < -0.4 is 10.1 Å².